The highest BCUT2D eigenvalue weighted by atomic mass is 16.3. The summed E-state index contributed by atoms with van der Waals surface area (Å²) in [5.74, 6) is 0.594. The maximum atomic E-state index is 6.40. The van der Waals surface area contributed by atoms with E-state index in [1.54, 1.807) is 0 Å². The summed E-state index contributed by atoms with van der Waals surface area (Å²) < 4.78 is 6.40. The van der Waals surface area contributed by atoms with Crippen molar-refractivity contribution < 1.29 is 4.42 Å². The molecule has 1 aliphatic carbocycles. The van der Waals surface area contributed by atoms with Crippen molar-refractivity contribution in [3.05, 3.63) is 90.0 Å². The van der Waals surface area contributed by atoms with E-state index in [4.69, 9.17) is 9.40 Å². The molecule has 33 heavy (non-hydrogen) atoms. The highest BCUT2D eigenvalue weighted by Gasteiger charge is 2.23. The van der Waals surface area contributed by atoms with Crippen LogP contribution < -0.4 is 0 Å². The lowest BCUT2D eigenvalue weighted by Crippen LogP contribution is -1.98. The van der Waals surface area contributed by atoms with E-state index >= 15 is 0 Å². The van der Waals surface area contributed by atoms with Gasteiger partial charge >= 0.3 is 0 Å². The Kier molecular flexibility index (Phi) is 4.11. The summed E-state index contributed by atoms with van der Waals surface area (Å²) in [6, 6.07) is 28.3. The third kappa shape index (κ3) is 2.90. The summed E-state index contributed by atoms with van der Waals surface area (Å²) in [7, 11) is 0. The summed E-state index contributed by atoms with van der Waals surface area (Å²) in [6.45, 7) is 2.16. The monoisotopic (exact) mass is 427 g/mol. The summed E-state index contributed by atoms with van der Waals surface area (Å²) in [6.07, 6.45) is 5.14. The number of fused-ring (bicyclic) bond motifs is 6. The maximum absolute atomic E-state index is 6.40. The van der Waals surface area contributed by atoms with Gasteiger partial charge in [0.2, 0.25) is 0 Å². The van der Waals surface area contributed by atoms with Gasteiger partial charge < -0.3 is 4.42 Å². The van der Waals surface area contributed by atoms with Gasteiger partial charge in [-0.05, 0) is 77.9 Å². The van der Waals surface area contributed by atoms with Crippen molar-refractivity contribution in [1.29, 1.82) is 0 Å². The van der Waals surface area contributed by atoms with Crippen LogP contribution in [0.5, 0.6) is 0 Å². The first kappa shape index (κ1) is 18.9. The average Bonchev–Trinajstić information content (AvgIpc) is 3.51. The third-order valence-electron chi connectivity index (χ3n) is 7.42. The Hall–Kier alpha value is -3.65. The van der Waals surface area contributed by atoms with Gasteiger partial charge in [0.1, 0.15) is 11.2 Å². The van der Waals surface area contributed by atoms with Crippen molar-refractivity contribution in [2.75, 3.05) is 0 Å². The minimum atomic E-state index is 0.594. The molecule has 1 aliphatic rings. The lowest BCUT2D eigenvalue weighted by Gasteiger charge is -2.17. The van der Waals surface area contributed by atoms with E-state index in [2.05, 4.69) is 79.7 Å². The Bertz CT molecular complexity index is 1680. The number of benzene rings is 4. The largest absolute Gasteiger partial charge is 0.455 e. The van der Waals surface area contributed by atoms with E-state index < -0.39 is 0 Å². The van der Waals surface area contributed by atoms with Gasteiger partial charge in [-0.15, -0.1) is 0 Å². The molecule has 0 amide bonds. The molecule has 0 radical (unpaired) electrons. The summed E-state index contributed by atoms with van der Waals surface area (Å²) in [5.41, 5.74) is 7.75. The molecular formula is C31H25NO. The predicted octanol–water partition coefficient (Wildman–Crippen LogP) is 8.92. The SMILES string of the molecule is Cc1cc(-c2cc(C3CCCC3)c3c(ccc4ccccc43)n2)c2oc3ccccc3c2c1. The van der Waals surface area contributed by atoms with Crippen LogP contribution in [0, 0.1) is 6.92 Å². The molecule has 1 fully saturated rings. The third-order valence-corrected chi connectivity index (χ3v) is 7.42. The van der Waals surface area contributed by atoms with Gasteiger partial charge in [-0.1, -0.05) is 61.4 Å². The van der Waals surface area contributed by atoms with Crippen LogP contribution in [0.25, 0.3) is 54.9 Å². The number of hydrogen-bond acceptors (Lipinski definition) is 2. The zero-order valence-electron chi connectivity index (χ0n) is 18.8. The molecule has 0 saturated heterocycles. The molecule has 0 atom stereocenters. The topological polar surface area (TPSA) is 26.0 Å². The van der Waals surface area contributed by atoms with Crippen molar-refractivity contribution in [3.8, 4) is 11.3 Å². The quantitative estimate of drug-likeness (QED) is 0.258. The van der Waals surface area contributed by atoms with E-state index in [1.165, 1.54) is 63.7 Å². The minimum absolute atomic E-state index is 0.594. The smallest absolute Gasteiger partial charge is 0.144 e. The second kappa shape index (κ2) is 7.18. The molecule has 0 bridgehead atoms. The van der Waals surface area contributed by atoms with E-state index in [0.717, 1.165) is 27.9 Å². The summed E-state index contributed by atoms with van der Waals surface area (Å²) >= 11 is 0. The average molecular weight is 428 g/mol. The van der Waals surface area contributed by atoms with Crippen LogP contribution >= 0.6 is 0 Å². The number of furan rings is 1. The van der Waals surface area contributed by atoms with E-state index in [1.807, 2.05) is 6.07 Å². The van der Waals surface area contributed by atoms with Gasteiger partial charge in [0.25, 0.3) is 0 Å². The van der Waals surface area contributed by atoms with Gasteiger partial charge in [0, 0.05) is 21.7 Å². The number of aryl methyl sites for hydroxylation is 1. The lowest BCUT2D eigenvalue weighted by molar-refractivity contribution is 0.669. The first-order valence-corrected chi connectivity index (χ1v) is 12.0. The molecule has 2 heterocycles. The Balaban J connectivity index is 1.57. The highest BCUT2D eigenvalue weighted by molar-refractivity contribution is 6.11. The number of rotatable bonds is 2. The fraction of sp³-hybridized carbons (Fsp3) is 0.194. The Morgan fingerprint density at radius 3 is 2.45 bits per heavy atom. The van der Waals surface area contributed by atoms with Crippen LogP contribution in [-0.2, 0) is 0 Å². The van der Waals surface area contributed by atoms with E-state index in [9.17, 15) is 0 Å². The number of nitrogens with zero attached hydrogens (tertiary/aromatic N) is 1. The second-order valence-corrected chi connectivity index (χ2v) is 9.55. The summed E-state index contributed by atoms with van der Waals surface area (Å²) in [4.78, 5) is 5.23. The van der Waals surface area contributed by atoms with Crippen LogP contribution in [0.15, 0.2) is 83.3 Å². The van der Waals surface area contributed by atoms with Crippen LogP contribution in [-0.4, -0.2) is 4.98 Å². The first-order chi connectivity index (χ1) is 16.3. The number of pyridine rings is 1. The molecule has 160 valence electrons. The van der Waals surface area contributed by atoms with Crippen molar-refractivity contribution >= 4 is 43.6 Å². The van der Waals surface area contributed by atoms with Crippen LogP contribution in [0.3, 0.4) is 0 Å². The second-order valence-electron chi connectivity index (χ2n) is 9.55. The van der Waals surface area contributed by atoms with Gasteiger partial charge in [0.15, 0.2) is 0 Å². The zero-order chi connectivity index (χ0) is 21.9. The van der Waals surface area contributed by atoms with E-state index in [0.29, 0.717) is 5.92 Å². The van der Waals surface area contributed by atoms with Gasteiger partial charge in [0.05, 0.1) is 11.2 Å². The fourth-order valence-electron chi connectivity index (χ4n) is 5.90. The van der Waals surface area contributed by atoms with Crippen LogP contribution in [0.2, 0.25) is 0 Å². The maximum Gasteiger partial charge on any atom is 0.144 e. The Morgan fingerprint density at radius 1 is 0.788 bits per heavy atom. The van der Waals surface area contributed by atoms with Crippen molar-refractivity contribution in [3.63, 3.8) is 0 Å². The molecule has 4 aromatic carbocycles. The standard InChI is InChI=1S/C31H25NO/c1-19-16-25-23-12-6-7-13-29(23)33-31(25)26(17-19)28-18-24(20-8-2-3-9-20)30-22-11-5-4-10-21(22)14-15-27(30)32-28/h4-7,10-18,20H,2-3,8-9H2,1H3. The molecule has 0 N–H and O–H groups in total. The molecule has 7 rings (SSSR count). The summed E-state index contributed by atoms with van der Waals surface area (Å²) in [5, 5.41) is 6.27. The van der Waals surface area contributed by atoms with E-state index in [-0.39, 0.29) is 0 Å². The van der Waals surface area contributed by atoms with Crippen molar-refractivity contribution in [1.82, 2.24) is 4.98 Å². The van der Waals surface area contributed by atoms with Crippen molar-refractivity contribution in [2.45, 2.75) is 38.5 Å². The molecule has 2 heteroatoms. The van der Waals surface area contributed by atoms with Gasteiger partial charge in [-0.3, -0.25) is 0 Å². The highest BCUT2D eigenvalue weighted by Crippen LogP contribution is 2.43. The molecule has 0 unspecified atom stereocenters. The van der Waals surface area contributed by atoms with Gasteiger partial charge in [-0.2, -0.15) is 0 Å². The van der Waals surface area contributed by atoms with Gasteiger partial charge in [-0.25, -0.2) is 4.98 Å². The van der Waals surface area contributed by atoms with Crippen LogP contribution in [0.1, 0.15) is 42.7 Å². The molecule has 2 nitrogen and oxygen atoms in total. The molecule has 1 saturated carbocycles. The Labute approximate surface area is 192 Å². The van der Waals surface area contributed by atoms with Crippen molar-refractivity contribution in [2.24, 2.45) is 0 Å². The fourth-order valence-corrected chi connectivity index (χ4v) is 5.90. The molecule has 6 aromatic rings. The van der Waals surface area contributed by atoms with Crippen LogP contribution in [0.4, 0.5) is 0 Å². The number of hydrogen-bond donors (Lipinski definition) is 0. The predicted molar refractivity (Wildman–Crippen MR) is 138 cm³/mol. The number of para-hydroxylation sites is 1. The minimum Gasteiger partial charge on any atom is -0.455 e. The molecule has 2 aromatic heterocycles. The first-order valence-electron chi connectivity index (χ1n) is 12.0. The zero-order valence-corrected chi connectivity index (χ0v) is 18.8. The molecule has 0 aliphatic heterocycles. The normalized spacial score (nSPS) is 14.8. The number of aromatic nitrogens is 1. The molecular weight excluding hydrogens is 402 g/mol. The lowest BCUT2D eigenvalue weighted by atomic mass is 9.89. The molecule has 0 spiro atoms. The Morgan fingerprint density at radius 2 is 1.58 bits per heavy atom.